The molecule has 1 aromatic carbocycles. The van der Waals surface area contributed by atoms with Crippen molar-refractivity contribution >= 4 is 10.9 Å². The molecule has 2 aromatic rings. The van der Waals surface area contributed by atoms with E-state index in [4.69, 9.17) is 9.47 Å². The topological polar surface area (TPSA) is 60.1 Å². The van der Waals surface area contributed by atoms with Crippen LogP contribution in [0.4, 0.5) is 0 Å². The highest BCUT2D eigenvalue weighted by Gasteiger charge is 2.23. The van der Waals surface area contributed by atoms with Crippen LogP contribution in [-0.2, 0) is 9.47 Å². The molecule has 0 amide bonds. The van der Waals surface area contributed by atoms with Gasteiger partial charge in [-0.2, -0.15) is 10.4 Å². The molecule has 120 valence electrons. The third-order valence-corrected chi connectivity index (χ3v) is 4.92. The predicted octanol–water partition coefficient (Wildman–Crippen LogP) is 3.50. The van der Waals surface area contributed by atoms with Crippen LogP contribution in [0.1, 0.15) is 55.4 Å². The maximum atomic E-state index is 9.60. The molecular weight excluding hydrogens is 290 g/mol. The first-order valence-electron chi connectivity index (χ1n) is 8.47. The third-order valence-electron chi connectivity index (χ3n) is 4.92. The lowest BCUT2D eigenvalue weighted by atomic mass is 9.89. The maximum Gasteiger partial charge on any atom is 0.150 e. The molecular formula is C18H21N3O2. The molecule has 4 rings (SSSR count). The predicted molar refractivity (Wildman–Crippen MR) is 86.1 cm³/mol. The van der Waals surface area contributed by atoms with Crippen LogP contribution in [0.15, 0.2) is 18.3 Å². The van der Waals surface area contributed by atoms with Crippen molar-refractivity contribution in [1.82, 2.24) is 9.78 Å². The summed E-state index contributed by atoms with van der Waals surface area (Å²) >= 11 is 0. The highest BCUT2D eigenvalue weighted by Crippen LogP contribution is 2.33. The Morgan fingerprint density at radius 1 is 1.17 bits per heavy atom. The summed E-state index contributed by atoms with van der Waals surface area (Å²) in [6.45, 7) is 2.33. The van der Waals surface area contributed by atoms with E-state index in [0.29, 0.717) is 12.5 Å². The summed E-state index contributed by atoms with van der Waals surface area (Å²) in [6.07, 6.45) is 7.29. The molecule has 0 radical (unpaired) electrons. The zero-order chi connectivity index (χ0) is 15.6. The fraction of sp³-hybridized carbons (Fsp3) is 0.556. The van der Waals surface area contributed by atoms with Gasteiger partial charge in [-0.3, -0.25) is 0 Å². The number of hydrogen-bond donors (Lipinski definition) is 0. The van der Waals surface area contributed by atoms with Gasteiger partial charge < -0.3 is 9.47 Å². The summed E-state index contributed by atoms with van der Waals surface area (Å²) in [5.41, 5.74) is 2.84. The van der Waals surface area contributed by atoms with Crippen molar-refractivity contribution in [2.75, 3.05) is 19.8 Å². The van der Waals surface area contributed by atoms with Crippen LogP contribution in [0.2, 0.25) is 0 Å². The molecule has 5 nitrogen and oxygen atoms in total. The van der Waals surface area contributed by atoms with E-state index in [-0.39, 0.29) is 6.23 Å². The van der Waals surface area contributed by atoms with Crippen LogP contribution >= 0.6 is 0 Å². The quantitative estimate of drug-likeness (QED) is 0.851. The lowest BCUT2D eigenvalue weighted by Gasteiger charge is -2.25. The Hall–Kier alpha value is -1.90. The van der Waals surface area contributed by atoms with Crippen molar-refractivity contribution in [2.24, 2.45) is 0 Å². The Morgan fingerprint density at radius 2 is 2.13 bits per heavy atom. The third kappa shape index (κ3) is 2.73. The average molecular weight is 311 g/mol. The van der Waals surface area contributed by atoms with E-state index >= 15 is 0 Å². The van der Waals surface area contributed by atoms with Gasteiger partial charge in [0, 0.05) is 24.5 Å². The summed E-state index contributed by atoms with van der Waals surface area (Å²) in [4.78, 5) is 0. The molecule has 0 saturated carbocycles. The minimum atomic E-state index is -0.00310. The molecule has 23 heavy (non-hydrogen) atoms. The second-order valence-corrected chi connectivity index (χ2v) is 6.43. The van der Waals surface area contributed by atoms with Gasteiger partial charge in [-0.15, -0.1) is 0 Å². The summed E-state index contributed by atoms with van der Waals surface area (Å²) in [5, 5.41) is 15.2. The second-order valence-electron chi connectivity index (χ2n) is 6.43. The minimum absolute atomic E-state index is 0.00310. The minimum Gasteiger partial charge on any atom is -0.381 e. The molecule has 0 bridgehead atoms. The molecule has 5 heteroatoms. The Morgan fingerprint density at radius 3 is 2.87 bits per heavy atom. The SMILES string of the molecule is N#Cc1cc2c(cnn2C2CCCCO2)cc1C1CCCOC1. The van der Waals surface area contributed by atoms with E-state index in [9.17, 15) is 5.26 Å². The fourth-order valence-electron chi connectivity index (χ4n) is 3.68. The Labute approximate surface area is 135 Å². The van der Waals surface area contributed by atoms with Gasteiger partial charge in [-0.05, 0) is 49.8 Å². The van der Waals surface area contributed by atoms with E-state index in [1.807, 2.05) is 16.9 Å². The number of nitrogens with zero attached hydrogens (tertiary/aromatic N) is 3. The van der Waals surface area contributed by atoms with Crippen molar-refractivity contribution in [2.45, 2.75) is 44.2 Å². The van der Waals surface area contributed by atoms with Crippen LogP contribution < -0.4 is 0 Å². The first-order chi connectivity index (χ1) is 11.4. The zero-order valence-electron chi connectivity index (χ0n) is 13.2. The zero-order valence-corrected chi connectivity index (χ0v) is 13.2. The van der Waals surface area contributed by atoms with Crippen molar-refractivity contribution in [3.63, 3.8) is 0 Å². The van der Waals surface area contributed by atoms with E-state index in [2.05, 4.69) is 17.2 Å². The molecule has 2 aliphatic heterocycles. The molecule has 2 saturated heterocycles. The number of rotatable bonds is 2. The number of hydrogen-bond acceptors (Lipinski definition) is 4. The number of nitriles is 1. The van der Waals surface area contributed by atoms with Gasteiger partial charge in [0.15, 0.2) is 6.23 Å². The number of benzene rings is 1. The standard InChI is InChI=1S/C18H21N3O2/c19-10-14-9-17-15(8-16(14)13-4-3-6-22-12-13)11-20-21(17)18-5-1-2-7-23-18/h8-9,11,13,18H,1-7,12H2. The first kappa shape index (κ1) is 14.7. The largest absolute Gasteiger partial charge is 0.381 e. The first-order valence-corrected chi connectivity index (χ1v) is 8.47. The van der Waals surface area contributed by atoms with Gasteiger partial charge in [0.2, 0.25) is 0 Å². The van der Waals surface area contributed by atoms with Gasteiger partial charge in [0.25, 0.3) is 0 Å². The average Bonchev–Trinajstić information content (AvgIpc) is 3.05. The lowest BCUT2D eigenvalue weighted by Crippen LogP contribution is -2.19. The summed E-state index contributed by atoms with van der Waals surface area (Å²) in [5.74, 6) is 0.317. The Kier molecular flexibility index (Phi) is 4.02. The van der Waals surface area contributed by atoms with Crippen molar-refractivity contribution in [1.29, 1.82) is 5.26 Å². The van der Waals surface area contributed by atoms with E-state index in [0.717, 1.165) is 67.3 Å². The van der Waals surface area contributed by atoms with Crippen LogP contribution in [0.3, 0.4) is 0 Å². The molecule has 0 spiro atoms. The van der Waals surface area contributed by atoms with Gasteiger partial charge in [0.05, 0.1) is 30.0 Å². The molecule has 3 heterocycles. The molecule has 1 aromatic heterocycles. The van der Waals surface area contributed by atoms with Crippen molar-refractivity contribution in [3.05, 3.63) is 29.5 Å². The highest BCUT2D eigenvalue weighted by atomic mass is 16.5. The molecule has 2 unspecified atom stereocenters. The van der Waals surface area contributed by atoms with Crippen LogP contribution in [-0.4, -0.2) is 29.6 Å². The van der Waals surface area contributed by atoms with E-state index < -0.39 is 0 Å². The molecule has 2 atom stereocenters. The van der Waals surface area contributed by atoms with Gasteiger partial charge in [-0.1, -0.05) is 0 Å². The summed E-state index contributed by atoms with van der Waals surface area (Å²) in [7, 11) is 0. The lowest BCUT2D eigenvalue weighted by molar-refractivity contribution is -0.0366. The molecule has 2 aliphatic rings. The summed E-state index contributed by atoms with van der Waals surface area (Å²) < 4.78 is 13.4. The molecule has 2 fully saturated rings. The summed E-state index contributed by atoms with van der Waals surface area (Å²) in [6, 6.07) is 6.47. The Bertz CT molecular complexity index is 735. The van der Waals surface area contributed by atoms with Gasteiger partial charge >= 0.3 is 0 Å². The highest BCUT2D eigenvalue weighted by molar-refractivity contribution is 5.81. The number of fused-ring (bicyclic) bond motifs is 1. The molecule has 0 N–H and O–H groups in total. The number of aromatic nitrogens is 2. The fourth-order valence-corrected chi connectivity index (χ4v) is 3.68. The monoisotopic (exact) mass is 311 g/mol. The van der Waals surface area contributed by atoms with Crippen LogP contribution in [0.5, 0.6) is 0 Å². The van der Waals surface area contributed by atoms with Crippen LogP contribution in [0.25, 0.3) is 10.9 Å². The van der Waals surface area contributed by atoms with Gasteiger partial charge in [-0.25, -0.2) is 4.68 Å². The van der Waals surface area contributed by atoms with Gasteiger partial charge in [0.1, 0.15) is 0 Å². The normalized spacial score (nSPS) is 25.3. The Balaban J connectivity index is 1.74. The van der Waals surface area contributed by atoms with E-state index in [1.165, 1.54) is 0 Å². The maximum absolute atomic E-state index is 9.60. The van der Waals surface area contributed by atoms with Crippen molar-refractivity contribution in [3.8, 4) is 6.07 Å². The molecule has 0 aliphatic carbocycles. The number of ether oxygens (including phenoxy) is 2. The van der Waals surface area contributed by atoms with Crippen LogP contribution in [0, 0.1) is 11.3 Å². The van der Waals surface area contributed by atoms with E-state index in [1.54, 1.807) is 0 Å². The smallest absolute Gasteiger partial charge is 0.150 e. The van der Waals surface area contributed by atoms with Crippen molar-refractivity contribution < 1.29 is 9.47 Å². The second kappa shape index (κ2) is 6.31.